The highest BCUT2D eigenvalue weighted by atomic mass is 32.2. The van der Waals surface area contributed by atoms with Crippen LogP contribution < -0.4 is 5.32 Å². The Morgan fingerprint density at radius 3 is 2.31 bits per heavy atom. The van der Waals surface area contributed by atoms with Crippen LogP contribution in [0.2, 0.25) is 0 Å². The van der Waals surface area contributed by atoms with Crippen LogP contribution in [0.3, 0.4) is 0 Å². The van der Waals surface area contributed by atoms with Gasteiger partial charge in [0.05, 0.1) is 11.6 Å². The monoisotopic (exact) mass is 247 g/mol. The van der Waals surface area contributed by atoms with E-state index < -0.39 is 0 Å². The van der Waals surface area contributed by atoms with E-state index >= 15 is 0 Å². The summed E-state index contributed by atoms with van der Waals surface area (Å²) in [6.45, 7) is 7.14. The molecule has 0 rings (SSSR count). The Morgan fingerprint density at radius 2 is 1.94 bits per heavy atom. The number of thioether (sulfide) groups is 1. The van der Waals surface area contributed by atoms with Gasteiger partial charge >= 0.3 is 0 Å². The number of ketones is 1. The number of carbonyl (C=O) groups is 1. The average molecular weight is 247 g/mol. The fraction of sp³-hybridized carbons (Fsp3) is 0.727. The van der Waals surface area contributed by atoms with Gasteiger partial charge in [-0.2, -0.15) is 0 Å². The van der Waals surface area contributed by atoms with Crippen LogP contribution in [0.5, 0.6) is 0 Å². The van der Waals surface area contributed by atoms with E-state index in [1.165, 1.54) is 18.7 Å². The summed E-state index contributed by atoms with van der Waals surface area (Å²) in [6, 6.07) is 0. The number of allylic oxidation sites excluding steroid dienone is 1. The molecule has 0 aromatic heterocycles. The SMILES string of the molecule is CCOC(CN/C(=C/C(C)=O)SC)OCC. The van der Waals surface area contributed by atoms with Crippen LogP contribution >= 0.6 is 11.8 Å². The first kappa shape index (κ1) is 15.5. The summed E-state index contributed by atoms with van der Waals surface area (Å²) in [7, 11) is 0. The van der Waals surface area contributed by atoms with Gasteiger partial charge in [-0.25, -0.2) is 0 Å². The zero-order valence-corrected chi connectivity index (χ0v) is 11.2. The van der Waals surface area contributed by atoms with Crippen LogP contribution in [0.25, 0.3) is 0 Å². The molecule has 0 saturated heterocycles. The van der Waals surface area contributed by atoms with Crippen molar-refractivity contribution < 1.29 is 14.3 Å². The molecular formula is C11H21NO3S. The molecule has 0 aromatic rings. The van der Waals surface area contributed by atoms with Crippen molar-refractivity contribution in [3.8, 4) is 0 Å². The van der Waals surface area contributed by atoms with Crippen molar-refractivity contribution in [2.75, 3.05) is 26.0 Å². The number of nitrogens with one attached hydrogen (secondary N) is 1. The van der Waals surface area contributed by atoms with E-state index in [1.807, 2.05) is 20.1 Å². The molecule has 4 nitrogen and oxygen atoms in total. The van der Waals surface area contributed by atoms with E-state index in [0.717, 1.165) is 5.03 Å². The quantitative estimate of drug-likeness (QED) is 0.497. The van der Waals surface area contributed by atoms with Gasteiger partial charge in [0.15, 0.2) is 12.1 Å². The van der Waals surface area contributed by atoms with E-state index in [0.29, 0.717) is 19.8 Å². The molecule has 0 fully saturated rings. The van der Waals surface area contributed by atoms with Crippen molar-refractivity contribution >= 4 is 17.5 Å². The van der Waals surface area contributed by atoms with Crippen LogP contribution in [-0.4, -0.2) is 38.1 Å². The minimum absolute atomic E-state index is 0.0289. The molecule has 0 atom stereocenters. The molecular weight excluding hydrogens is 226 g/mol. The molecule has 0 saturated carbocycles. The third-order valence-corrected chi connectivity index (χ3v) is 2.40. The lowest BCUT2D eigenvalue weighted by Gasteiger charge is -2.18. The molecule has 0 radical (unpaired) electrons. The maximum Gasteiger partial charge on any atom is 0.174 e. The first-order valence-corrected chi connectivity index (χ1v) is 6.59. The van der Waals surface area contributed by atoms with Crippen LogP contribution in [-0.2, 0) is 14.3 Å². The van der Waals surface area contributed by atoms with E-state index in [4.69, 9.17) is 9.47 Å². The first-order chi connectivity index (χ1) is 7.63. The molecule has 0 aliphatic carbocycles. The lowest BCUT2D eigenvalue weighted by molar-refractivity contribution is -0.131. The molecule has 0 spiro atoms. The molecule has 0 unspecified atom stereocenters. The molecule has 16 heavy (non-hydrogen) atoms. The highest BCUT2D eigenvalue weighted by molar-refractivity contribution is 8.02. The van der Waals surface area contributed by atoms with Crippen LogP contribution in [0.1, 0.15) is 20.8 Å². The standard InChI is InChI=1S/C11H21NO3S/c1-5-14-11(15-6-2)8-12-10(16-4)7-9(3)13/h7,11-12H,5-6,8H2,1-4H3/b10-7-. The van der Waals surface area contributed by atoms with E-state index in [2.05, 4.69) is 5.32 Å². The highest BCUT2D eigenvalue weighted by Crippen LogP contribution is 2.07. The van der Waals surface area contributed by atoms with E-state index in [1.54, 1.807) is 6.08 Å². The predicted octanol–water partition coefficient (Wildman–Crippen LogP) is 1.77. The van der Waals surface area contributed by atoms with Crippen molar-refractivity contribution in [3.05, 3.63) is 11.1 Å². The largest absolute Gasteiger partial charge is 0.375 e. The Hall–Kier alpha value is -0.520. The Balaban J connectivity index is 4.10. The van der Waals surface area contributed by atoms with Gasteiger partial charge in [-0.15, -0.1) is 11.8 Å². The van der Waals surface area contributed by atoms with Gasteiger partial charge in [-0.1, -0.05) is 0 Å². The lowest BCUT2D eigenvalue weighted by Crippen LogP contribution is -2.30. The zero-order chi connectivity index (χ0) is 12.4. The Kier molecular flexibility index (Phi) is 9.37. The van der Waals surface area contributed by atoms with E-state index in [9.17, 15) is 4.79 Å². The minimum atomic E-state index is -0.266. The lowest BCUT2D eigenvalue weighted by atomic mass is 10.4. The molecule has 0 bridgehead atoms. The number of hydrogen-bond acceptors (Lipinski definition) is 5. The fourth-order valence-electron chi connectivity index (χ4n) is 1.09. The minimum Gasteiger partial charge on any atom is -0.375 e. The Morgan fingerprint density at radius 1 is 1.38 bits per heavy atom. The molecule has 94 valence electrons. The normalized spacial score (nSPS) is 11.9. The zero-order valence-electron chi connectivity index (χ0n) is 10.4. The summed E-state index contributed by atoms with van der Waals surface area (Å²) in [6.07, 6.45) is 3.22. The summed E-state index contributed by atoms with van der Waals surface area (Å²) < 4.78 is 10.8. The van der Waals surface area contributed by atoms with Gasteiger partial charge < -0.3 is 14.8 Å². The highest BCUT2D eigenvalue weighted by Gasteiger charge is 2.08. The molecule has 0 amide bonds. The van der Waals surface area contributed by atoms with Gasteiger partial charge in [-0.3, -0.25) is 4.79 Å². The van der Waals surface area contributed by atoms with Gasteiger partial charge in [0, 0.05) is 19.3 Å². The van der Waals surface area contributed by atoms with Crippen LogP contribution in [0.15, 0.2) is 11.1 Å². The number of rotatable bonds is 9. The second kappa shape index (κ2) is 9.69. The van der Waals surface area contributed by atoms with Gasteiger partial charge in [-0.05, 0) is 27.0 Å². The maximum atomic E-state index is 10.9. The van der Waals surface area contributed by atoms with Gasteiger partial charge in [0.1, 0.15) is 0 Å². The Labute approximate surface area is 102 Å². The smallest absolute Gasteiger partial charge is 0.174 e. The number of ether oxygens (including phenoxy) is 2. The summed E-state index contributed by atoms with van der Waals surface area (Å²) in [5.41, 5.74) is 0. The second-order valence-corrected chi connectivity index (χ2v) is 3.89. The van der Waals surface area contributed by atoms with Crippen molar-refractivity contribution in [2.24, 2.45) is 0 Å². The molecule has 0 aromatic carbocycles. The summed E-state index contributed by atoms with van der Waals surface area (Å²) in [5.74, 6) is 0.0289. The summed E-state index contributed by atoms with van der Waals surface area (Å²) in [5, 5.41) is 3.95. The first-order valence-electron chi connectivity index (χ1n) is 5.37. The van der Waals surface area contributed by atoms with E-state index in [-0.39, 0.29) is 12.1 Å². The summed E-state index contributed by atoms with van der Waals surface area (Å²) >= 11 is 1.49. The van der Waals surface area contributed by atoms with Crippen molar-refractivity contribution in [2.45, 2.75) is 27.1 Å². The van der Waals surface area contributed by atoms with Crippen molar-refractivity contribution in [3.63, 3.8) is 0 Å². The maximum absolute atomic E-state index is 10.9. The molecule has 0 aliphatic rings. The summed E-state index contributed by atoms with van der Waals surface area (Å²) in [4.78, 5) is 10.9. The van der Waals surface area contributed by atoms with Crippen LogP contribution in [0.4, 0.5) is 0 Å². The topological polar surface area (TPSA) is 47.6 Å². The molecule has 0 heterocycles. The van der Waals surface area contributed by atoms with Crippen molar-refractivity contribution in [1.82, 2.24) is 5.32 Å². The molecule has 5 heteroatoms. The fourth-order valence-corrected chi connectivity index (χ4v) is 1.60. The molecule has 1 N–H and O–H groups in total. The third-order valence-electron chi connectivity index (χ3n) is 1.70. The predicted molar refractivity (Wildman–Crippen MR) is 67.3 cm³/mol. The third kappa shape index (κ3) is 7.73. The number of carbonyl (C=O) groups excluding carboxylic acids is 1. The Bertz CT molecular complexity index is 225. The molecule has 0 aliphatic heterocycles. The average Bonchev–Trinajstić information content (AvgIpc) is 2.24. The van der Waals surface area contributed by atoms with Crippen molar-refractivity contribution in [1.29, 1.82) is 0 Å². The van der Waals surface area contributed by atoms with Gasteiger partial charge in [0.2, 0.25) is 0 Å². The second-order valence-electron chi connectivity index (χ2n) is 3.04. The number of hydrogen-bond donors (Lipinski definition) is 1. The van der Waals surface area contributed by atoms with Crippen LogP contribution in [0, 0.1) is 0 Å². The van der Waals surface area contributed by atoms with Gasteiger partial charge in [0.25, 0.3) is 0 Å².